The highest BCUT2D eigenvalue weighted by Gasteiger charge is 2.19. The standard InChI is InChI=1S/C16H14BrFN2O/c1-10(20)16(11-3-2-4-13(17)7-11)21-14-6-5-12(9-19)15(18)8-14/h2-8,10,16H,20H2,1H3. The van der Waals surface area contributed by atoms with Gasteiger partial charge in [-0.3, -0.25) is 0 Å². The van der Waals surface area contributed by atoms with E-state index < -0.39 is 11.9 Å². The molecule has 2 aromatic rings. The largest absolute Gasteiger partial charge is 0.484 e. The maximum Gasteiger partial charge on any atom is 0.144 e. The second-order valence-corrected chi connectivity index (χ2v) is 5.62. The van der Waals surface area contributed by atoms with Crippen LogP contribution in [0.5, 0.6) is 5.75 Å². The summed E-state index contributed by atoms with van der Waals surface area (Å²) in [6, 6.07) is 13.3. The van der Waals surface area contributed by atoms with Gasteiger partial charge in [0.05, 0.1) is 5.56 Å². The molecule has 2 N–H and O–H groups in total. The van der Waals surface area contributed by atoms with E-state index in [9.17, 15) is 4.39 Å². The molecule has 0 bridgehead atoms. The molecule has 0 aliphatic heterocycles. The molecule has 0 aliphatic rings. The van der Waals surface area contributed by atoms with Crippen molar-refractivity contribution in [3.8, 4) is 11.8 Å². The minimum Gasteiger partial charge on any atom is -0.484 e. The minimum absolute atomic E-state index is 0.0119. The van der Waals surface area contributed by atoms with E-state index in [2.05, 4.69) is 15.9 Å². The van der Waals surface area contributed by atoms with Gasteiger partial charge in [0.2, 0.25) is 0 Å². The summed E-state index contributed by atoms with van der Waals surface area (Å²) in [6.07, 6.45) is -0.408. The lowest BCUT2D eigenvalue weighted by atomic mass is 10.0. The molecule has 0 radical (unpaired) electrons. The number of hydrogen-bond donors (Lipinski definition) is 1. The quantitative estimate of drug-likeness (QED) is 0.910. The van der Waals surface area contributed by atoms with Crippen molar-refractivity contribution < 1.29 is 9.13 Å². The zero-order chi connectivity index (χ0) is 15.4. The minimum atomic E-state index is -0.604. The molecule has 2 atom stereocenters. The fourth-order valence-electron chi connectivity index (χ4n) is 1.97. The molecule has 0 amide bonds. The van der Waals surface area contributed by atoms with E-state index in [1.54, 1.807) is 12.1 Å². The van der Waals surface area contributed by atoms with Crippen LogP contribution in [-0.4, -0.2) is 6.04 Å². The number of hydrogen-bond acceptors (Lipinski definition) is 3. The van der Waals surface area contributed by atoms with Crippen molar-refractivity contribution >= 4 is 15.9 Å². The molecule has 0 aliphatic carbocycles. The highest BCUT2D eigenvalue weighted by Crippen LogP contribution is 2.27. The fourth-order valence-corrected chi connectivity index (χ4v) is 2.39. The SMILES string of the molecule is CC(N)C(Oc1ccc(C#N)c(F)c1)c1cccc(Br)c1. The van der Waals surface area contributed by atoms with Crippen molar-refractivity contribution in [2.45, 2.75) is 19.1 Å². The molecule has 21 heavy (non-hydrogen) atoms. The zero-order valence-electron chi connectivity index (χ0n) is 11.4. The Kier molecular flexibility index (Phi) is 4.94. The van der Waals surface area contributed by atoms with E-state index in [0.29, 0.717) is 5.75 Å². The first-order valence-corrected chi connectivity index (χ1v) is 7.18. The molecule has 108 valence electrons. The third-order valence-corrected chi connectivity index (χ3v) is 3.47. The highest BCUT2D eigenvalue weighted by atomic mass is 79.9. The van der Waals surface area contributed by atoms with Gasteiger partial charge >= 0.3 is 0 Å². The van der Waals surface area contributed by atoms with E-state index in [1.165, 1.54) is 12.1 Å². The summed E-state index contributed by atoms with van der Waals surface area (Å²) in [7, 11) is 0. The number of ether oxygens (including phenoxy) is 1. The number of nitrogens with zero attached hydrogens (tertiary/aromatic N) is 1. The predicted octanol–water partition coefficient (Wildman–Crippen LogP) is 3.93. The Hall–Kier alpha value is -1.90. The van der Waals surface area contributed by atoms with E-state index in [1.807, 2.05) is 31.2 Å². The molecular weight excluding hydrogens is 335 g/mol. The Bertz CT molecular complexity index is 682. The second kappa shape index (κ2) is 6.70. The van der Waals surface area contributed by atoms with Crippen LogP contribution in [0.25, 0.3) is 0 Å². The molecule has 2 aromatic carbocycles. The maximum absolute atomic E-state index is 13.6. The van der Waals surface area contributed by atoms with Crippen molar-refractivity contribution in [1.82, 2.24) is 0 Å². The first-order chi connectivity index (χ1) is 10.0. The summed E-state index contributed by atoms with van der Waals surface area (Å²) in [6.45, 7) is 1.82. The second-order valence-electron chi connectivity index (χ2n) is 4.71. The Morgan fingerprint density at radius 3 is 2.62 bits per heavy atom. The summed E-state index contributed by atoms with van der Waals surface area (Å²) in [4.78, 5) is 0. The average Bonchev–Trinajstić information content (AvgIpc) is 2.44. The Morgan fingerprint density at radius 1 is 1.29 bits per heavy atom. The summed E-state index contributed by atoms with van der Waals surface area (Å²) < 4.78 is 20.3. The van der Waals surface area contributed by atoms with Crippen molar-refractivity contribution in [3.05, 3.63) is 63.9 Å². The van der Waals surface area contributed by atoms with Crippen molar-refractivity contribution in [2.24, 2.45) is 5.73 Å². The Morgan fingerprint density at radius 2 is 2.05 bits per heavy atom. The average molecular weight is 349 g/mol. The maximum atomic E-state index is 13.6. The normalized spacial score (nSPS) is 13.3. The van der Waals surface area contributed by atoms with Crippen LogP contribution in [-0.2, 0) is 0 Å². The van der Waals surface area contributed by atoms with Crippen LogP contribution in [0.4, 0.5) is 4.39 Å². The lowest BCUT2D eigenvalue weighted by Crippen LogP contribution is -2.29. The van der Waals surface area contributed by atoms with Crippen LogP contribution in [0, 0.1) is 17.1 Å². The van der Waals surface area contributed by atoms with Crippen LogP contribution in [0.1, 0.15) is 24.2 Å². The lowest BCUT2D eigenvalue weighted by Gasteiger charge is -2.23. The number of halogens is 2. The van der Waals surface area contributed by atoms with Crippen LogP contribution >= 0.6 is 15.9 Å². The number of nitriles is 1. The van der Waals surface area contributed by atoms with E-state index in [-0.39, 0.29) is 11.6 Å². The zero-order valence-corrected chi connectivity index (χ0v) is 13.0. The van der Waals surface area contributed by atoms with E-state index in [0.717, 1.165) is 10.0 Å². The monoisotopic (exact) mass is 348 g/mol. The molecule has 0 spiro atoms. The Balaban J connectivity index is 2.29. The number of rotatable bonds is 4. The first-order valence-electron chi connectivity index (χ1n) is 6.38. The van der Waals surface area contributed by atoms with Gasteiger partial charge in [-0.25, -0.2) is 4.39 Å². The smallest absolute Gasteiger partial charge is 0.144 e. The molecule has 0 fully saturated rings. The van der Waals surface area contributed by atoms with Crippen molar-refractivity contribution in [3.63, 3.8) is 0 Å². The van der Waals surface area contributed by atoms with Gasteiger partial charge in [-0.1, -0.05) is 28.1 Å². The van der Waals surface area contributed by atoms with Gasteiger partial charge < -0.3 is 10.5 Å². The summed E-state index contributed by atoms with van der Waals surface area (Å²) in [5, 5.41) is 8.73. The van der Waals surface area contributed by atoms with Crippen LogP contribution < -0.4 is 10.5 Å². The molecule has 0 aromatic heterocycles. The topological polar surface area (TPSA) is 59.0 Å². The molecule has 0 heterocycles. The first kappa shape index (κ1) is 15.5. The summed E-state index contributed by atoms with van der Waals surface area (Å²) in [5.41, 5.74) is 6.86. The van der Waals surface area contributed by atoms with Gasteiger partial charge in [-0.05, 0) is 36.8 Å². The van der Waals surface area contributed by atoms with Gasteiger partial charge in [-0.15, -0.1) is 0 Å². The van der Waals surface area contributed by atoms with E-state index >= 15 is 0 Å². The summed E-state index contributed by atoms with van der Waals surface area (Å²) >= 11 is 3.40. The molecule has 0 saturated heterocycles. The number of nitrogens with two attached hydrogens (primary N) is 1. The molecule has 0 saturated carbocycles. The molecule has 2 unspecified atom stereocenters. The predicted molar refractivity (Wildman–Crippen MR) is 82.3 cm³/mol. The molecule has 2 rings (SSSR count). The summed E-state index contributed by atoms with van der Waals surface area (Å²) in [5.74, 6) is -0.263. The van der Waals surface area contributed by atoms with Crippen molar-refractivity contribution in [2.75, 3.05) is 0 Å². The lowest BCUT2D eigenvalue weighted by molar-refractivity contribution is 0.179. The van der Waals surface area contributed by atoms with Crippen LogP contribution in [0.2, 0.25) is 0 Å². The third-order valence-electron chi connectivity index (χ3n) is 2.98. The molecule has 3 nitrogen and oxygen atoms in total. The highest BCUT2D eigenvalue weighted by molar-refractivity contribution is 9.10. The van der Waals surface area contributed by atoms with Gasteiger partial charge in [0.1, 0.15) is 23.7 Å². The van der Waals surface area contributed by atoms with Gasteiger partial charge in [-0.2, -0.15) is 5.26 Å². The van der Waals surface area contributed by atoms with Gasteiger partial charge in [0, 0.05) is 16.6 Å². The third kappa shape index (κ3) is 3.81. The van der Waals surface area contributed by atoms with Crippen LogP contribution in [0.15, 0.2) is 46.9 Å². The molecule has 5 heteroatoms. The van der Waals surface area contributed by atoms with Crippen LogP contribution in [0.3, 0.4) is 0 Å². The number of benzene rings is 2. The fraction of sp³-hybridized carbons (Fsp3) is 0.188. The van der Waals surface area contributed by atoms with E-state index in [4.69, 9.17) is 15.7 Å². The Labute approximate surface area is 131 Å². The van der Waals surface area contributed by atoms with Gasteiger partial charge in [0.15, 0.2) is 0 Å². The van der Waals surface area contributed by atoms with Gasteiger partial charge in [0.25, 0.3) is 0 Å². The van der Waals surface area contributed by atoms with Crippen molar-refractivity contribution in [1.29, 1.82) is 5.26 Å². The molecular formula is C16H14BrFN2O.